The molecule has 0 aromatic carbocycles. The van der Waals surface area contributed by atoms with Gasteiger partial charge in [-0.05, 0) is 25.1 Å². The Morgan fingerprint density at radius 2 is 2.13 bits per heavy atom. The number of halogens is 3. The van der Waals surface area contributed by atoms with Crippen molar-refractivity contribution in [2.24, 2.45) is 0 Å². The summed E-state index contributed by atoms with van der Waals surface area (Å²) in [7, 11) is 0. The Bertz CT molecular complexity index is 343. The molecule has 1 aliphatic rings. The van der Waals surface area contributed by atoms with Crippen LogP contribution in [0.15, 0.2) is 18.2 Å². The van der Waals surface area contributed by atoms with Gasteiger partial charge in [0, 0.05) is 18.2 Å². The third kappa shape index (κ3) is 2.28. The van der Waals surface area contributed by atoms with Crippen LogP contribution in [0.1, 0.15) is 23.7 Å². The van der Waals surface area contributed by atoms with E-state index in [1.165, 1.54) is 6.07 Å². The lowest BCUT2D eigenvalue weighted by Crippen LogP contribution is -2.12. The normalized spacial score (nSPS) is 21.9. The first-order valence-electron chi connectivity index (χ1n) is 4.82. The molecule has 1 fully saturated rings. The molecule has 1 unspecified atom stereocenters. The fraction of sp³-hybridized carbons (Fsp3) is 0.500. The Kier molecular flexibility index (Phi) is 2.65. The first-order chi connectivity index (χ1) is 7.07. The SMILES string of the molecule is FC(F)(F)c1cccc(C2CCNC2)n1. The Morgan fingerprint density at radius 3 is 2.73 bits per heavy atom. The first kappa shape index (κ1) is 10.4. The van der Waals surface area contributed by atoms with Crippen molar-refractivity contribution in [2.75, 3.05) is 13.1 Å². The minimum absolute atomic E-state index is 0.118. The predicted molar refractivity (Wildman–Crippen MR) is 49.5 cm³/mol. The van der Waals surface area contributed by atoms with Crippen molar-refractivity contribution in [2.45, 2.75) is 18.5 Å². The molecule has 82 valence electrons. The van der Waals surface area contributed by atoms with Gasteiger partial charge in [0.05, 0.1) is 0 Å². The van der Waals surface area contributed by atoms with E-state index in [9.17, 15) is 13.2 Å². The zero-order valence-electron chi connectivity index (χ0n) is 8.01. The maximum Gasteiger partial charge on any atom is 0.433 e. The van der Waals surface area contributed by atoms with Crippen molar-refractivity contribution in [3.05, 3.63) is 29.6 Å². The maximum absolute atomic E-state index is 12.4. The topological polar surface area (TPSA) is 24.9 Å². The summed E-state index contributed by atoms with van der Waals surface area (Å²) < 4.78 is 37.1. The molecule has 15 heavy (non-hydrogen) atoms. The lowest BCUT2D eigenvalue weighted by atomic mass is 10.0. The Hall–Kier alpha value is -1.10. The van der Waals surface area contributed by atoms with Crippen LogP contribution in [-0.4, -0.2) is 18.1 Å². The van der Waals surface area contributed by atoms with Crippen LogP contribution in [0, 0.1) is 0 Å². The highest BCUT2D eigenvalue weighted by Crippen LogP contribution is 2.29. The Morgan fingerprint density at radius 1 is 1.33 bits per heavy atom. The molecule has 2 heterocycles. The van der Waals surface area contributed by atoms with Crippen molar-refractivity contribution in [3.8, 4) is 0 Å². The highest BCUT2D eigenvalue weighted by atomic mass is 19.4. The largest absolute Gasteiger partial charge is 0.433 e. The van der Waals surface area contributed by atoms with Gasteiger partial charge in [-0.2, -0.15) is 13.2 Å². The second-order valence-electron chi connectivity index (χ2n) is 3.64. The van der Waals surface area contributed by atoms with Crippen molar-refractivity contribution in [1.29, 1.82) is 0 Å². The van der Waals surface area contributed by atoms with Gasteiger partial charge in [0.15, 0.2) is 0 Å². The van der Waals surface area contributed by atoms with E-state index >= 15 is 0 Å². The number of nitrogens with one attached hydrogen (secondary N) is 1. The van der Waals surface area contributed by atoms with Gasteiger partial charge in [0.1, 0.15) is 5.69 Å². The van der Waals surface area contributed by atoms with Gasteiger partial charge in [-0.3, -0.25) is 0 Å². The molecule has 1 aliphatic heterocycles. The molecule has 1 aromatic rings. The molecular weight excluding hydrogens is 205 g/mol. The van der Waals surface area contributed by atoms with E-state index in [0.29, 0.717) is 12.2 Å². The third-order valence-electron chi connectivity index (χ3n) is 2.54. The summed E-state index contributed by atoms with van der Waals surface area (Å²) in [6.07, 6.45) is -3.49. The van der Waals surface area contributed by atoms with Crippen LogP contribution in [0.25, 0.3) is 0 Å². The number of nitrogens with zero attached hydrogens (tertiary/aromatic N) is 1. The van der Waals surface area contributed by atoms with Crippen molar-refractivity contribution in [1.82, 2.24) is 10.3 Å². The number of pyridine rings is 1. The Balaban J connectivity index is 2.26. The molecule has 0 spiro atoms. The molecule has 1 saturated heterocycles. The van der Waals surface area contributed by atoms with E-state index in [2.05, 4.69) is 10.3 Å². The van der Waals surface area contributed by atoms with Gasteiger partial charge >= 0.3 is 6.18 Å². The summed E-state index contributed by atoms with van der Waals surface area (Å²) in [5.41, 5.74) is -0.262. The molecule has 0 amide bonds. The summed E-state index contributed by atoms with van der Waals surface area (Å²) in [6, 6.07) is 4.09. The number of hydrogen-bond donors (Lipinski definition) is 1. The lowest BCUT2D eigenvalue weighted by molar-refractivity contribution is -0.141. The molecule has 2 rings (SSSR count). The Labute approximate surface area is 85.5 Å². The first-order valence-corrected chi connectivity index (χ1v) is 4.82. The highest BCUT2D eigenvalue weighted by molar-refractivity contribution is 5.18. The smallest absolute Gasteiger partial charge is 0.316 e. The van der Waals surface area contributed by atoms with Gasteiger partial charge in [0.2, 0.25) is 0 Å². The highest BCUT2D eigenvalue weighted by Gasteiger charge is 2.33. The van der Waals surface area contributed by atoms with Crippen LogP contribution in [0.5, 0.6) is 0 Å². The van der Waals surface area contributed by atoms with E-state index in [-0.39, 0.29) is 5.92 Å². The zero-order chi connectivity index (χ0) is 10.9. The van der Waals surface area contributed by atoms with E-state index in [1.807, 2.05) is 0 Å². The van der Waals surface area contributed by atoms with Crippen LogP contribution in [0.2, 0.25) is 0 Å². The van der Waals surface area contributed by atoms with E-state index < -0.39 is 11.9 Å². The average Bonchev–Trinajstić information content (AvgIpc) is 2.69. The standard InChI is InChI=1S/C10H11F3N2/c11-10(12,13)9-3-1-2-8(15-9)7-4-5-14-6-7/h1-3,7,14H,4-6H2. The van der Waals surface area contributed by atoms with Crippen molar-refractivity contribution >= 4 is 0 Å². The molecule has 1 N–H and O–H groups in total. The minimum atomic E-state index is -4.35. The van der Waals surface area contributed by atoms with Gasteiger partial charge in [0.25, 0.3) is 0 Å². The molecule has 0 radical (unpaired) electrons. The van der Waals surface area contributed by atoms with Gasteiger partial charge in [-0.25, -0.2) is 4.98 Å². The van der Waals surface area contributed by atoms with Crippen LogP contribution in [0.4, 0.5) is 13.2 Å². The second kappa shape index (κ2) is 3.81. The quantitative estimate of drug-likeness (QED) is 0.778. The van der Waals surface area contributed by atoms with E-state index in [1.54, 1.807) is 6.07 Å². The fourth-order valence-corrected chi connectivity index (χ4v) is 1.74. The number of aromatic nitrogens is 1. The monoisotopic (exact) mass is 216 g/mol. The van der Waals surface area contributed by atoms with Crippen LogP contribution in [0.3, 0.4) is 0 Å². The molecule has 5 heteroatoms. The van der Waals surface area contributed by atoms with E-state index in [4.69, 9.17) is 0 Å². The second-order valence-corrected chi connectivity index (χ2v) is 3.64. The summed E-state index contributed by atoms with van der Waals surface area (Å²) >= 11 is 0. The van der Waals surface area contributed by atoms with Crippen LogP contribution >= 0.6 is 0 Å². The number of hydrogen-bond acceptors (Lipinski definition) is 2. The molecule has 2 nitrogen and oxygen atoms in total. The predicted octanol–water partition coefficient (Wildman–Crippen LogP) is 2.18. The summed E-state index contributed by atoms with van der Waals surface area (Å²) in [6.45, 7) is 1.57. The van der Waals surface area contributed by atoms with Crippen LogP contribution < -0.4 is 5.32 Å². The van der Waals surface area contributed by atoms with Crippen molar-refractivity contribution in [3.63, 3.8) is 0 Å². The van der Waals surface area contributed by atoms with E-state index in [0.717, 1.165) is 19.0 Å². The fourth-order valence-electron chi connectivity index (χ4n) is 1.74. The molecule has 0 aliphatic carbocycles. The molecular formula is C10H11F3N2. The van der Waals surface area contributed by atoms with Gasteiger partial charge < -0.3 is 5.32 Å². The number of rotatable bonds is 1. The maximum atomic E-state index is 12.4. The molecule has 1 aromatic heterocycles. The van der Waals surface area contributed by atoms with Gasteiger partial charge in [-0.15, -0.1) is 0 Å². The summed E-state index contributed by atoms with van der Waals surface area (Å²) in [4.78, 5) is 3.66. The molecule has 1 atom stereocenters. The zero-order valence-corrected chi connectivity index (χ0v) is 8.01. The van der Waals surface area contributed by atoms with Gasteiger partial charge in [-0.1, -0.05) is 6.07 Å². The third-order valence-corrected chi connectivity index (χ3v) is 2.54. The molecule has 0 bridgehead atoms. The average molecular weight is 216 g/mol. The van der Waals surface area contributed by atoms with Crippen molar-refractivity contribution < 1.29 is 13.2 Å². The summed E-state index contributed by atoms with van der Waals surface area (Å²) in [5, 5.41) is 3.11. The summed E-state index contributed by atoms with van der Waals surface area (Å²) in [5.74, 6) is 0.118. The molecule has 0 saturated carbocycles. The van der Waals surface area contributed by atoms with Crippen LogP contribution in [-0.2, 0) is 6.18 Å². The minimum Gasteiger partial charge on any atom is -0.316 e. The number of alkyl halides is 3. The lowest BCUT2D eigenvalue weighted by Gasteiger charge is -2.11.